The minimum absolute atomic E-state index is 0.253. The molecular weight excluding hydrogens is 306 g/mol. The summed E-state index contributed by atoms with van der Waals surface area (Å²) in [4.78, 5) is 13.8. The average molecular weight is 325 g/mol. The van der Waals surface area contributed by atoms with E-state index in [1.165, 1.54) is 4.90 Å². The van der Waals surface area contributed by atoms with E-state index in [-0.39, 0.29) is 12.7 Å². The van der Waals surface area contributed by atoms with Crippen molar-refractivity contribution in [3.63, 3.8) is 0 Å². The summed E-state index contributed by atoms with van der Waals surface area (Å²) in [5.41, 5.74) is 2.94. The van der Waals surface area contributed by atoms with E-state index in [0.717, 1.165) is 16.7 Å². The molecule has 124 valence electrons. The summed E-state index contributed by atoms with van der Waals surface area (Å²) < 4.78 is 16.0. The van der Waals surface area contributed by atoms with Crippen molar-refractivity contribution in [3.05, 3.63) is 65.4 Å². The lowest BCUT2D eigenvalue weighted by Crippen LogP contribution is -2.28. The molecule has 2 aromatic rings. The van der Waals surface area contributed by atoms with E-state index in [1.54, 1.807) is 20.4 Å². The van der Waals surface area contributed by atoms with E-state index >= 15 is 0 Å². The summed E-state index contributed by atoms with van der Waals surface area (Å²) >= 11 is 0. The Morgan fingerprint density at radius 1 is 1.08 bits per heavy atom. The van der Waals surface area contributed by atoms with Crippen molar-refractivity contribution in [1.29, 1.82) is 0 Å². The normalized spacial score (nSPS) is 12.5. The van der Waals surface area contributed by atoms with Crippen molar-refractivity contribution in [3.8, 4) is 11.5 Å². The minimum atomic E-state index is -0.379. The third-order valence-corrected chi connectivity index (χ3v) is 3.86. The number of carbonyl (C=O) groups excluding carboxylic acids is 1. The Morgan fingerprint density at radius 2 is 1.79 bits per heavy atom. The van der Waals surface area contributed by atoms with Crippen LogP contribution in [0, 0.1) is 0 Å². The molecule has 1 aliphatic rings. The van der Waals surface area contributed by atoms with Crippen molar-refractivity contribution < 1.29 is 19.0 Å². The molecule has 1 amide bonds. The lowest BCUT2D eigenvalue weighted by molar-refractivity contribution is 0.108. The summed E-state index contributed by atoms with van der Waals surface area (Å²) in [6, 6.07) is 13.4. The Labute approximate surface area is 141 Å². The molecule has 0 aromatic heterocycles. The van der Waals surface area contributed by atoms with E-state index in [9.17, 15) is 4.79 Å². The van der Waals surface area contributed by atoms with Crippen molar-refractivity contribution in [2.75, 3.05) is 14.2 Å². The highest BCUT2D eigenvalue weighted by atomic mass is 16.6. The number of hydrogen-bond acceptors (Lipinski definition) is 4. The molecule has 24 heavy (non-hydrogen) atoms. The number of amides is 1. The number of hydrogen-bond donors (Lipinski definition) is 0. The molecule has 0 fully saturated rings. The average Bonchev–Trinajstić information content (AvgIpc) is 2.65. The number of fused-ring (bicyclic) bond motifs is 1. The molecule has 0 unspecified atom stereocenters. The van der Waals surface area contributed by atoms with Crippen LogP contribution in [0.2, 0.25) is 0 Å². The van der Waals surface area contributed by atoms with Crippen molar-refractivity contribution in [2.24, 2.45) is 0 Å². The molecule has 0 bridgehead atoms. The first-order valence-electron chi connectivity index (χ1n) is 7.61. The second-order valence-corrected chi connectivity index (χ2v) is 5.39. The van der Waals surface area contributed by atoms with Crippen LogP contribution in [0.4, 0.5) is 4.79 Å². The van der Waals surface area contributed by atoms with Crippen molar-refractivity contribution in [2.45, 2.75) is 13.2 Å². The highest BCUT2D eigenvalue weighted by Crippen LogP contribution is 2.33. The van der Waals surface area contributed by atoms with Crippen LogP contribution >= 0.6 is 0 Å². The first-order valence-corrected chi connectivity index (χ1v) is 7.61. The predicted molar refractivity (Wildman–Crippen MR) is 90.8 cm³/mol. The smallest absolute Gasteiger partial charge is 0.414 e. The third kappa shape index (κ3) is 3.35. The van der Waals surface area contributed by atoms with Gasteiger partial charge in [0.05, 0.1) is 20.8 Å². The third-order valence-electron chi connectivity index (χ3n) is 3.86. The molecule has 5 nitrogen and oxygen atoms in total. The number of nitrogens with zero attached hydrogens (tertiary/aromatic N) is 1. The second-order valence-electron chi connectivity index (χ2n) is 5.39. The van der Waals surface area contributed by atoms with Crippen LogP contribution in [0.5, 0.6) is 11.5 Å². The molecule has 1 heterocycles. The van der Waals surface area contributed by atoms with Gasteiger partial charge in [0.1, 0.15) is 6.61 Å². The molecule has 0 spiro atoms. The Bertz CT molecular complexity index is 755. The highest BCUT2D eigenvalue weighted by molar-refractivity contribution is 5.73. The predicted octanol–water partition coefficient (Wildman–Crippen LogP) is 3.83. The molecule has 0 radical (unpaired) electrons. The van der Waals surface area contributed by atoms with Crippen LogP contribution in [0.1, 0.15) is 16.7 Å². The lowest BCUT2D eigenvalue weighted by atomic mass is 10.0. The van der Waals surface area contributed by atoms with Gasteiger partial charge in [0.25, 0.3) is 0 Å². The number of benzene rings is 2. The molecule has 0 N–H and O–H groups in total. The molecule has 1 aliphatic heterocycles. The standard InChI is InChI=1S/C19H19NO4/c1-22-17-10-15-8-9-20(12-16(15)11-18(17)23-2)19(21)24-13-14-6-4-3-5-7-14/h3-11H,12-13H2,1-2H3. The maximum absolute atomic E-state index is 12.3. The lowest BCUT2D eigenvalue weighted by Gasteiger charge is -2.24. The van der Waals surface area contributed by atoms with E-state index in [2.05, 4.69) is 0 Å². The largest absolute Gasteiger partial charge is 0.493 e. The van der Waals surface area contributed by atoms with Crippen LogP contribution in [0.25, 0.3) is 6.08 Å². The first kappa shape index (κ1) is 15.9. The number of rotatable bonds is 4. The maximum atomic E-state index is 12.3. The Balaban J connectivity index is 1.69. The fourth-order valence-corrected chi connectivity index (χ4v) is 2.56. The van der Waals surface area contributed by atoms with Gasteiger partial charge >= 0.3 is 6.09 Å². The van der Waals surface area contributed by atoms with E-state index in [0.29, 0.717) is 18.0 Å². The van der Waals surface area contributed by atoms with Gasteiger partial charge in [-0.25, -0.2) is 4.79 Å². The zero-order valence-corrected chi connectivity index (χ0v) is 13.7. The summed E-state index contributed by atoms with van der Waals surface area (Å²) in [5, 5.41) is 0. The van der Waals surface area contributed by atoms with Gasteiger partial charge in [-0.3, -0.25) is 4.90 Å². The Morgan fingerprint density at radius 3 is 2.50 bits per heavy atom. The molecular formula is C19H19NO4. The molecule has 5 heteroatoms. The minimum Gasteiger partial charge on any atom is -0.493 e. The maximum Gasteiger partial charge on any atom is 0.414 e. The molecule has 0 saturated carbocycles. The monoisotopic (exact) mass is 325 g/mol. The van der Waals surface area contributed by atoms with Crippen molar-refractivity contribution >= 4 is 12.2 Å². The topological polar surface area (TPSA) is 48.0 Å². The molecule has 3 rings (SSSR count). The molecule has 0 atom stereocenters. The molecule has 2 aromatic carbocycles. The van der Waals surface area contributed by atoms with Crippen LogP contribution in [0.15, 0.2) is 48.7 Å². The summed E-state index contributed by atoms with van der Waals surface area (Å²) in [6.45, 7) is 0.683. The number of carbonyl (C=O) groups is 1. The van der Waals surface area contributed by atoms with E-state index in [4.69, 9.17) is 14.2 Å². The van der Waals surface area contributed by atoms with Crippen LogP contribution in [-0.4, -0.2) is 25.2 Å². The van der Waals surface area contributed by atoms with E-state index in [1.807, 2.05) is 48.5 Å². The summed E-state index contributed by atoms with van der Waals surface area (Å²) in [6.07, 6.45) is 3.21. The van der Waals surface area contributed by atoms with Gasteiger partial charge in [0.15, 0.2) is 11.5 Å². The van der Waals surface area contributed by atoms with Crippen LogP contribution < -0.4 is 9.47 Å². The summed E-state index contributed by atoms with van der Waals surface area (Å²) in [5.74, 6) is 1.31. The van der Waals surface area contributed by atoms with Gasteiger partial charge in [-0.15, -0.1) is 0 Å². The van der Waals surface area contributed by atoms with Gasteiger partial charge < -0.3 is 14.2 Å². The Kier molecular flexibility index (Phi) is 4.70. The van der Waals surface area contributed by atoms with E-state index < -0.39 is 0 Å². The number of ether oxygens (including phenoxy) is 3. The van der Waals surface area contributed by atoms with Gasteiger partial charge in [0, 0.05) is 6.20 Å². The summed E-state index contributed by atoms with van der Waals surface area (Å²) in [7, 11) is 3.19. The second kappa shape index (κ2) is 7.08. The molecule has 0 aliphatic carbocycles. The first-order chi connectivity index (χ1) is 11.7. The van der Waals surface area contributed by atoms with Gasteiger partial charge in [-0.2, -0.15) is 0 Å². The fraction of sp³-hybridized carbons (Fsp3) is 0.211. The number of methoxy groups -OCH3 is 2. The quantitative estimate of drug-likeness (QED) is 0.857. The van der Waals surface area contributed by atoms with Gasteiger partial charge in [0.2, 0.25) is 0 Å². The van der Waals surface area contributed by atoms with Crippen LogP contribution in [0.3, 0.4) is 0 Å². The van der Waals surface area contributed by atoms with Gasteiger partial charge in [-0.1, -0.05) is 30.3 Å². The zero-order valence-electron chi connectivity index (χ0n) is 13.7. The zero-order chi connectivity index (χ0) is 16.9. The van der Waals surface area contributed by atoms with Crippen LogP contribution in [-0.2, 0) is 17.9 Å². The molecule has 0 saturated heterocycles. The van der Waals surface area contributed by atoms with Gasteiger partial charge in [-0.05, 0) is 34.9 Å². The highest BCUT2D eigenvalue weighted by Gasteiger charge is 2.20. The van der Waals surface area contributed by atoms with Crippen molar-refractivity contribution in [1.82, 2.24) is 4.90 Å². The fourth-order valence-electron chi connectivity index (χ4n) is 2.56. The Hall–Kier alpha value is -2.95. The SMILES string of the molecule is COc1cc2c(cc1OC)CN(C(=O)OCc1ccccc1)C=C2.